The Hall–Kier alpha value is -2.49. The zero-order chi connectivity index (χ0) is 22.6. The number of alkyl carbamates (subject to hydrolysis) is 1. The molecule has 1 heterocycles. The van der Waals surface area contributed by atoms with Crippen LogP contribution >= 0.6 is 0 Å². The Morgan fingerprint density at radius 2 is 1.87 bits per heavy atom. The summed E-state index contributed by atoms with van der Waals surface area (Å²) >= 11 is 0. The molecule has 1 saturated heterocycles. The highest BCUT2D eigenvalue weighted by Gasteiger charge is 2.51. The van der Waals surface area contributed by atoms with Crippen LogP contribution in [0, 0.1) is 5.92 Å². The second kappa shape index (κ2) is 9.11. The highest BCUT2D eigenvalue weighted by atomic mass is 19.4. The second-order valence-electron chi connectivity index (χ2n) is 8.10. The van der Waals surface area contributed by atoms with Crippen LogP contribution in [-0.4, -0.2) is 48.8 Å². The van der Waals surface area contributed by atoms with E-state index in [0.717, 1.165) is 0 Å². The summed E-state index contributed by atoms with van der Waals surface area (Å²) in [7, 11) is 0. The minimum Gasteiger partial charge on any atom is -0.494 e. The zero-order valence-corrected chi connectivity index (χ0v) is 17.0. The molecular formula is C20H26F3NO6. The van der Waals surface area contributed by atoms with E-state index in [1.165, 1.54) is 12.1 Å². The summed E-state index contributed by atoms with van der Waals surface area (Å²) in [5, 5.41) is 12.3. The molecule has 2 atom stereocenters. The number of halogens is 3. The van der Waals surface area contributed by atoms with Gasteiger partial charge < -0.3 is 24.6 Å². The fourth-order valence-electron chi connectivity index (χ4n) is 3.14. The van der Waals surface area contributed by atoms with Gasteiger partial charge in [-0.15, -0.1) is 0 Å². The molecule has 7 nitrogen and oxygen atoms in total. The van der Waals surface area contributed by atoms with E-state index in [0.29, 0.717) is 11.3 Å². The van der Waals surface area contributed by atoms with Gasteiger partial charge in [-0.1, -0.05) is 12.1 Å². The number of hydrogen-bond acceptors (Lipinski definition) is 5. The maximum Gasteiger partial charge on any atom is 0.408 e. The first-order valence-corrected chi connectivity index (χ1v) is 9.44. The van der Waals surface area contributed by atoms with Crippen LogP contribution in [0.4, 0.5) is 18.0 Å². The summed E-state index contributed by atoms with van der Waals surface area (Å²) in [4.78, 5) is 24.2. The molecule has 1 aromatic rings. The van der Waals surface area contributed by atoms with Crippen molar-refractivity contribution in [3.05, 3.63) is 29.8 Å². The van der Waals surface area contributed by atoms with E-state index in [1.807, 2.05) is 0 Å². The molecule has 2 rings (SSSR count). The molecule has 0 saturated carbocycles. The molecule has 1 amide bonds. The Morgan fingerprint density at radius 3 is 2.40 bits per heavy atom. The number of amides is 1. The summed E-state index contributed by atoms with van der Waals surface area (Å²) in [6.45, 7) is 4.77. The van der Waals surface area contributed by atoms with Gasteiger partial charge in [0, 0.05) is 6.42 Å². The second-order valence-corrected chi connectivity index (χ2v) is 8.10. The van der Waals surface area contributed by atoms with Crippen LogP contribution in [0.2, 0.25) is 0 Å². The van der Waals surface area contributed by atoms with Gasteiger partial charge >= 0.3 is 18.2 Å². The number of carbonyl (C=O) groups is 2. The predicted octanol–water partition coefficient (Wildman–Crippen LogP) is 3.86. The molecular weight excluding hydrogens is 407 g/mol. The number of hydrogen-bond donors (Lipinski definition) is 2. The van der Waals surface area contributed by atoms with Gasteiger partial charge in [0.15, 0.2) is 0 Å². The number of ether oxygens (including phenoxy) is 3. The van der Waals surface area contributed by atoms with Crippen molar-refractivity contribution in [2.24, 2.45) is 5.92 Å². The standard InChI is InChI=1S/C20H26F3NO6/c1-18(2,3)30-17(27)24-19(12-28-11-15(19)16(25)26)13-5-7-14(8-6-13)29-10-4-9-20(21,22)23/h5-8,15H,4,9-12H2,1-3H3,(H,24,27)(H,25,26). The lowest BCUT2D eigenvalue weighted by molar-refractivity contribution is -0.143. The summed E-state index contributed by atoms with van der Waals surface area (Å²) in [5.41, 5.74) is -1.68. The van der Waals surface area contributed by atoms with Crippen molar-refractivity contribution in [3.63, 3.8) is 0 Å². The number of carbonyl (C=O) groups excluding carboxylic acids is 1. The molecule has 168 valence electrons. The number of nitrogens with one attached hydrogen (secondary N) is 1. The van der Waals surface area contributed by atoms with E-state index < -0.39 is 41.7 Å². The van der Waals surface area contributed by atoms with Crippen LogP contribution in [0.3, 0.4) is 0 Å². The van der Waals surface area contributed by atoms with Crippen molar-refractivity contribution in [1.29, 1.82) is 0 Å². The third-order valence-electron chi connectivity index (χ3n) is 4.47. The lowest BCUT2D eigenvalue weighted by atomic mass is 9.80. The van der Waals surface area contributed by atoms with Gasteiger partial charge in [0.25, 0.3) is 0 Å². The predicted molar refractivity (Wildman–Crippen MR) is 100 cm³/mol. The normalized spacial score (nSPS) is 21.9. The summed E-state index contributed by atoms with van der Waals surface area (Å²) in [6, 6.07) is 6.14. The monoisotopic (exact) mass is 433 g/mol. The minimum absolute atomic E-state index is 0.0744. The highest BCUT2D eigenvalue weighted by Crippen LogP contribution is 2.37. The number of rotatable bonds is 7. The van der Waals surface area contributed by atoms with Crippen molar-refractivity contribution in [1.82, 2.24) is 5.32 Å². The van der Waals surface area contributed by atoms with Crippen molar-refractivity contribution in [3.8, 4) is 5.75 Å². The Labute approximate surface area is 172 Å². The number of alkyl halides is 3. The SMILES string of the molecule is CC(C)(C)OC(=O)NC1(c2ccc(OCCCC(F)(F)F)cc2)COCC1C(=O)O. The Kier molecular flexibility index (Phi) is 7.23. The largest absolute Gasteiger partial charge is 0.494 e. The lowest BCUT2D eigenvalue weighted by Gasteiger charge is -2.34. The fraction of sp³-hybridized carbons (Fsp3) is 0.600. The third kappa shape index (κ3) is 6.51. The molecule has 2 N–H and O–H groups in total. The summed E-state index contributed by atoms with van der Waals surface area (Å²) in [5.74, 6) is -1.86. The molecule has 0 aromatic heterocycles. The molecule has 30 heavy (non-hydrogen) atoms. The number of carboxylic acid groups (broad SMARTS) is 1. The molecule has 0 aliphatic carbocycles. The number of benzene rings is 1. The van der Waals surface area contributed by atoms with Crippen molar-refractivity contribution < 1.29 is 42.1 Å². The lowest BCUT2D eigenvalue weighted by Crippen LogP contribution is -2.54. The van der Waals surface area contributed by atoms with Crippen LogP contribution in [-0.2, 0) is 19.8 Å². The van der Waals surface area contributed by atoms with E-state index in [2.05, 4.69) is 5.32 Å². The molecule has 1 aliphatic heterocycles. The van der Waals surface area contributed by atoms with Gasteiger partial charge in [-0.2, -0.15) is 13.2 Å². The molecule has 1 aromatic carbocycles. The average molecular weight is 433 g/mol. The maximum absolute atomic E-state index is 12.4. The topological polar surface area (TPSA) is 94.1 Å². The van der Waals surface area contributed by atoms with Crippen molar-refractivity contribution in [2.45, 2.75) is 50.9 Å². The van der Waals surface area contributed by atoms with Crippen LogP contribution in [0.25, 0.3) is 0 Å². The summed E-state index contributed by atoms with van der Waals surface area (Å²) in [6.07, 6.45) is -6.14. The molecule has 0 bridgehead atoms. The molecule has 10 heteroatoms. The van der Waals surface area contributed by atoms with E-state index in [9.17, 15) is 27.9 Å². The van der Waals surface area contributed by atoms with Gasteiger partial charge in [0.05, 0.1) is 19.8 Å². The fourth-order valence-corrected chi connectivity index (χ4v) is 3.14. The maximum atomic E-state index is 12.4. The minimum atomic E-state index is -4.23. The Bertz CT molecular complexity index is 744. The Balaban J connectivity index is 2.17. The smallest absolute Gasteiger partial charge is 0.408 e. The van der Waals surface area contributed by atoms with Gasteiger partial charge in [0.2, 0.25) is 0 Å². The summed E-state index contributed by atoms with van der Waals surface area (Å²) < 4.78 is 52.6. The first-order chi connectivity index (χ1) is 13.8. The zero-order valence-electron chi connectivity index (χ0n) is 17.0. The van der Waals surface area contributed by atoms with Crippen LogP contribution in [0.5, 0.6) is 5.75 Å². The van der Waals surface area contributed by atoms with Crippen LogP contribution in [0.15, 0.2) is 24.3 Å². The van der Waals surface area contributed by atoms with E-state index in [-0.39, 0.29) is 26.2 Å². The quantitative estimate of drug-likeness (QED) is 0.635. The third-order valence-corrected chi connectivity index (χ3v) is 4.47. The number of carboxylic acids is 1. The van der Waals surface area contributed by atoms with Crippen LogP contribution in [0.1, 0.15) is 39.2 Å². The van der Waals surface area contributed by atoms with Gasteiger partial charge in [0.1, 0.15) is 22.8 Å². The van der Waals surface area contributed by atoms with E-state index >= 15 is 0 Å². The Morgan fingerprint density at radius 1 is 1.23 bits per heavy atom. The van der Waals surface area contributed by atoms with Gasteiger partial charge in [-0.05, 0) is 44.9 Å². The van der Waals surface area contributed by atoms with E-state index in [4.69, 9.17) is 14.2 Å². The van der Waals surface area contributed by atoms with Gasteiger partial charge in [-0.25, -0.2) is 4.79 Å². The molecule has 1 fully saturated rings. The van der Waals surface area contributed by atoms with Crippen molar-refractivity contribution >= 4 is 12.1 Å². The first kappa shape index (κ1) is 23.8. The van der Waals surface area contributed by atoms with Gasteiger partial charge in [-0.3, -0.25) is 4.79 Å². The van der Waals surface area contributed by atoms with Crippen LogP contribution < -0.4 is 10.1 Å². The first-order valence-electron chi connectivity index (χ1n) is 9.44. The molecule has 0 radical (unpaired) electrons. The molecule has 0 spiro atoms. The van der Waals surface area contributed by atoms with Crippen molar-refractivity contribution in [2.75, 3.05) is 19.8 Å². The highest BCUT2D eigenvalue weighted by molar-refractivity contribution is 5.76. The van der Waals surface area contributed by atoms with E-state index in [1.54, 1.807) is 32.9 Å². The molecule has 1 aliphatic rings. The number of aliphatic carboxylic acids is 1. The molecule has 2 unspecified atom stereocenters. The average Bonchev–Trinajstić information content (AvgIpc) is 3.01.